The number of halogens is 1. The highest BCUT2D eigenvalue weighted by atomic mass is 79.9. The molecule has 3 rings (SSSR count). The number of aromatic nitrogens is 2. The summed E-state index contributed by atoms with van der Waals surface area (Å²) in [5, 5.41) is 0. The first-order chi connectivity index (χ1) is 12.3. The monoisotopic (exact) mass is 437 g/mol. The van der Waals surface area contributed by atoms with E-state index in [2.05, 4.69) is 20.9 Å². The molecule has 0 fully saturated rings. The van der Waals surface area contributed by atoms with Crippen LogP contribution in [0, 0.1) is 0 Å². The van der Waals surface area contributed by atoms with Crippen LogP contribution in [0.4, 0.5) is 0 Å². The largest absolute Gasteiger partial charge is 0.484 e. The minimum absolute atomic E-state index is 0.231. The summed E-state index contributed by atoms with van der Waals surface area (Å²) < 4.78 is 34.7. The second-order valence-corrected chi connectivity index (χ2v) is 8.94. The third-order valence-corrected chi connectivity index (χ3v) is 6.55. The van der Waals surface area contributed by atoms with Gasteiger partial charge in [-0.1, -0.05) is 12.1 Å². The molecular formula is C18H20BrN3O3S. The molecule has 0 atom stereocenters. The molecule has 0 unspecified atom stereocenters. The van der Waals surface area contributed by atoms with Gasteiger partial charge in [-0.15, -0.1) is 0 Å². The number of benzene rings is 2. The highest BCUT2D eigenvalue weighted by molar-refractivity contribution is 9.10. The van der Waals surface area contributed by atoms with E-state index in [0.29, 0.717) is 18.7 Å². The maximum absolute atomic E-state index is 12.3. The molecule has 0 aliphatic carbocycles. The standard InChI is InChI=1S/C18H20BrN3O3S/c1-4-22-16-10-9-13(26(23,24)21(2)3)11-15(16)20-18(22)12-25-17-8-6-5-7-14(17)19/h5-11H,4,12H2,1-3H3. The van der Waals surface area contributed by atoms with E-state index in [1.807, 2.05) is 35.8 Å². The molecule has 0 N–H and O–H groups in total. The second kappa shape index (κ2) is 7.38. The van der Waals surface area contributed by atoms with Crippen molar-refractivity contribution in [2.24, 2.45) is 0 Å². The first-order valence-electron chi connectivity index (χ1n) is 8.13. The minimum atomic E-state index is -3.49. The fourth-order valence-corrected chi connectivity index (χ4v) is 4.02. The Hall–Kier alpha value is -1.90. The van der Waals surface area contributed by atoms with Crippen LogP contribution in [0.2, 0.25) is 0 Å². The van der Waals surface area contributed by atoms with Crippen molar-refractivity contribution in [1.82, 2.24) is 13.9 Å². The first-order valence-corrected chi connectivity index (χ1v) is 10.4. The summed E-state index contributed by atoms with van der Waals surface area (Å²) in [5.41, 5.74) is 1.52. The van der Waals surface area contributed by atoms with Gasteiger partial charge in [-0.2, -0.15) is 0 Å². The fourth-order valence-electron chi connectivity index (χ4n) is 2.70. The van der Waals surface area contributed by atoms with Gasteiger partial charge in [0.15, 0.2) is 0 Å². The molecule has 0 aliphatic heterocycles. The molecule has 26 heavy (non-hydrogen) atoms. The number of fused-ring (bicyclic) bond motifs is 1. The zero-order valence-electron chi connectivity index (χ0n) is 14.8. The number of hydrogen-bond acceptors (Lipinski definition) is 4. The third kappa shape index (κ3) is 3.49. The van der Waals surface area contributed by atoms with Crippen molar-refractivity contribution in [2.75, 3.05) is 14.1 Å². The van der Waals surface area contributed by atoms with Crippen LogP contribution in [0.25, 0.3) is 11.0 Å². The number of imidazole rings is 1. The zero-order valence-corrected chi connectivity index (χ0v) is 17.2. The van der Waals surface area contributed by atoms with Gasteiger partial charge in [-0.25, -0.2) is 17.7 Å². The predicted octanol–water partition coefficient (Wildman–Crippen LogP) is 3.65. The molecule has 0 aliphatic rings. The summed E-state index contributed by atoms with van der Waals surface area (Å²) in [4.78, 5) is 4.83. The average Bonchev–Trinajstić information content (AvgIpc) is 2.97. The lowest BCUT2D eigenvalue weighted by molar-refractivity contribution is 0.289. The van der Waals surface area contributed by atoms with E-state index in [4.69, 9.17) is 4.74 Å². The summed E-state index contributed by atoms with van der Waals surface area (Å²) in [5.74, 6) is 1.48. The zero-order chi connectivity index (χ0) is 18.9. The molecule has 0 spiro atoms. The second-order valence-electron chi connectivity index (χ2n) is 5.93. The summed E-state index contributed by atoms with van der Waals surface area (Å²) in [6.45, 7) is 3.03. The van der Waals surface area contributed by atoms with Crippen molar-refractivity contribution in [2.45, 2.75) is 25.0 Å². The molecule has 0 saturated carbocycles. The Balaban J connectivity index is 1.97. The van der Waals surface area contributed by atoms with Crippen LogP contribution in [0.5, 0.6) is 5.75 Å². The van der Waals surface area contributed by atoms with E-state index < -0.39 is 10.0 Å². The third-order valence-electron chi connectivity index (χ3n) is 4.09. The van der Waals surface area contributed by atoms with E-state index in [1.54, 1.807) is 18.2 Å². The molecule has 8 heteroatoms. The Morgan fingerprint density at radius 3 is 2.58 bits per heavy atom. The van der Waals surface area contributed by atoms with Gasteiger partial charge < -0.3 is 9.30 Å². The molecule has 0 radical (unpaired) electrons. The molecule has 6 nitrogen and oxygen atoms in total. The van der Waals surface area contributed by atoms with E-state index in [0.717, 1.165) is 21.6 Å². The smallest absolute Gasteiger partial charge is 0.242 e. The molecule has 0 bridgehead atoms. The SMILES string of the molecule is CCn1c(COc2ccccc2Br)nc2cc(S(=O)(=O)N(C)C)ccc21. The molecule has 3 aromatic rings. The predicted molar refractivity (Wildman–Crippen MR) is 105 cm³/mol. The Morgan fingerprint density at radius 2 is 1.92 bits per heavy atom. The Morgan fingerprint density at radius 1 is 1.19 bits per heavy atom. The Labute approximate surface area is 161 Å². The van der Waals surface area contributed by atoms with Crippen molar-refractivity contribution >= 4 is 37.0 Å². The highest BCUT2D eigenvalue weighted by Gasteiger charge is 2.19. The maximum atomic E-state index is 12.3. The van der Waals surface area contributed by atoms with E-state index in [-0.39, 0.29) is 4.90 Å². The van der Waals surface area contributed by atoms with Gasteiger partial charge >= 0.3 is 0 Å². The lowest BCUT2D eigenvalue weighted by Gasteiger charge is -2.11. The minimum Gasteiger partial charge on any atom is -0.484 e. The number of hydrogen-bond donors (Lipinski definition) is 0. The van der Waals surface area contributed by atoms with Crippen LogP contribution in [0.15, 0.2) is 51.8 Å². The van der Waals surface area contributed by atoms with Crippen LogP contribution in [-0.4, -0.2) is 36.4 Å². The van der Waals surface area contributed by atoms with Crippen LogP contribution >= 0.6 is 15.9 Å². The van der Waals surface area contributed by atoms with Gasteiger partial charge in [0, 0.05) is 20.6 Å². The van der Waals surface area contributed by atoms with Crippen molar-refractivity contribution < 1.29 is 13.2 Å². The average molecular weight is 438 g/mol. The fraction of sp³-hybridized carbons (Fsp3) is 0.278. The summed E-state index contributed by atoms with van der Waals surface area (Å²) in [6.07, 6.45) is 0. The van der Waals surface area contributed by atoms with Crippen LogP contribution in [-0.2, 0) is 23.2 Å². The molecule has 2 aromatic carbocycles. The number of rotatable bonds is 6. The van der Waals surface area contributed by atoms with Crippen molar-refractivity contribution in [3.63, 3.8) is 0 Å². The normalized spacial score (nSPS) is 12.0. The molecule has 138 valence electrons. The molecule has 1 aromatic heterocycles. The van der Waals surface area contributed by atoms with Gasteiger partial charge in [0.2, 0.25) is 10.0 Å². The topological polar surface area (TPSA) is 64.4 Å². The quantitative estimate of drug-likeness (QED) is 0.590. The number of ether oxygens (including phenoxy) is 1. The van der Waals surface area contributed by atoms with Crippen LogP contribution < -0.4 is 4.74 Å². The Bertz CT molecular complexity index is 1050. The van der Waals surface area contributed by atoms with Crippen LogP contribution in [0.1, 0.15) is 12.7 Å². The molecular weight excluding hydrogens is 418 g/mol. The van der Waals surface area contributed by atoms with E-state index >= 15 is 0 Å². The molecule has 0 saturated heterocycles. The number of aryl methyl sites for hydroxylation is 1. The van der Waals surface area contributed by atoms with Gasteiger partial charge in [0.25, 0.3) is 0 Å². The van der Waals surface area contributed by atoms with Gasteiger partial charge in [-0.3, -0.25) is 0 Å². The lowest BCUT2D eigenvalue weighted by atomic mass is 10.3. The van der Waals surface area contributed by atoms with E-state index in [1.165, 1.54) is 18.4 Å². The molecule has 0 amide bonds. The van der Waals surface area contributed by atoms with Crippen molar-refractivity contribution in [3.8, 4) is 5.75 Å². The number of nitrogens with zero attached hydrogens (tertiary/aromatic N) is 3. The summed E-state index contributed by atoms with van der Waals surface area (Å²) in [6, 6.07) is 12.6. The summed E-state index contributed by atoms with van der Waals surface area (Å²) in [7, 11) is -0.463. The van der Waals surface area contributed by atoms with Gasteiger partial charge in [-0.05, 0) is 53.2 Å². The Kier molecular flexibility index (Phi) is 5.36. The van der Waals surface area contributed by atoms with Crippen LogP contribution in [0.3, 0.4) is 0 Å². The maximum Gasteiger partial charge on any atom is 0.242 e. The van der Waals surface area contributed by atoms with Crippen molar-refractivity contribution in [3.05, 3.63) is 52.8 Å². The first kappa shape index (κ1) is 18.9. The van der Waals surface area contributed by atoms with Gasteiger partial charge in [0.05, 0.1) is 20.4 Å². The highest BCUT2D eigenvalue weighted by Crippen LogP contribution is 2.26. The summed E-state index contributed by atoms with van der Waals surface area (Å²) >= 11 is 3.46. The van der Waals surface area contributed by atoms with Gasteiger partial charge in [0.1, 0.15) is 18.2 Å². The lowest BCUT2D eigenvalue weighted by Crippen LogP contribution is -2.22. The van der Waals surface area contributed by atoms with E-state index in [9.17, 15) is 8.42 Å². The number of sulfonamides is 1. The molecule has 1 heterocycles. The van der Waals surface area contributed by atoms with Crippen molar-refractivity contribution in [1.29, 1.82) is 0 Å². The number of para-hydroxylation sites is 1.